The van der Waals surface area contributed by atoms with Gasteiger partial charge < -0.3 is 16.4 Å². The van der Waals surface area contributed by atoms with Crippen molar-refractivity contribution in [1.29, 1.82) is 0 Å². The summed E-state index contributed by atoms with van der Waals surface area (Å²) in [5.74, 6) is -1.59. The first kappa shape index (κ1) is 15.0. The van der Waals surface area contributed by atoms with Gasteiger partial charge in [-0.05, 0) is 6.92 Å². The predicted molar refractivity (Wildman–Crippen MR) is 66.3 cm³/mol. The second-order valence-corrected chi connectivity index (χ2v) is 5.49. The molecule has 6 nitrogen and oxygen atoms in total. The van der Waals surface area contributed by atoms with Gasteiger partial charge in [-0.25, -0.2) is 0 Å². The molecule has 0 aromatic rings. The zero-order valence-corrected chi connectivity index (χ0v) is 10.7. The van der Waals surface area contributed by atoms with E-state index in [2.05, 4.69) is 22.9 Å². The van der Waals surface area contributed by atoms with Crippen LogP contribution in [0.2, 0.25) is 0 Å². The monoisotopic (exact) mass is 265 g/mol. The second kappa shape index (κ2) is 7.29. The molecule has 4 N–H and O–H groups in total. The van der Waals surface area contributed by atoms with Crippen LogP contribution in [0, 0.1) is 0 Å². The number of rotatable bonds is 5. The van der Waals surface area contributed by atoms with Gasteiger partial charge in [-0.15, -0.1) is 0 Å². The normalized spacial score (nSPS) is 13.6. The molecule has 2 amide bonds. The molecule has 92 valence electrons. The number of hydrogen-bond acceptors (Lipinski definition) is 4. The Morgan fingerprint density at radius 1 is 1.38 bits per heavy atom. The van der Waals surface area contributed by atoms with Gasteiger partial charge in [-0.2, -0.15) is 0 Å². The Balaban J connectivity index is 3.93. The molecular formula is C8H15N3O3S2. The molecule has 0 spiro atoms. The average Bonchev–Trinajstić information content (AvgIpc) is 2.21. The first-order valence-corrected chi connectivity index (χ1v) is 6.54. The quantitative estimate of drug-likeness (QED) is 0.405. The lowest BCUT2D eigenvalue weighted by Gasteiger charge is -2.09. The van der Waals surface area contributed by atoms with Crippen LogP contribution in [-0.2, 0) is 20.4 Å². The summed E-state index contributed by atoms with van der Waals surface area (Å²) in [6, 6.07) is 0. The fourth-order valence-corrected chi connectivity index (χ4v) is 1.07. The molecule has 0 aliphatic carbocycles. The molecule has 16 heavy (non-hydrogen) atoms. The Morgan fingerprint density at radius 2 is 1.88 bits per heavy atom. The summed E-state index contributed by atoms with van der Waals surface area (Å²) in [5, 5.41) is 4.40. The molecule has 0 aromatic carbocycles. The average molecular weight is 265 g/mol. The molecule has 0 aromatic heterocycles. The largest absolute Gasteiger partial charge is 0.392 e. The Kier molecular flexibility index (Phi) is 6.82. The zero-order chi connectivity index (χ0) is 12.7. The molecule has 0 saturated carbocycles. The van der Waals surface area contributed by atoms with Crippen LogP contribution in [0.5, 0.6) is 0 Å². The van der Waals surface area contributed by atoms with E-state index >= 15 is 0 Å². The highest BCUT2D eigenvalue weighted by molar-refractivity contribution is 7.84. The molecule has 0 rings (SSSR count). The molecule has 0 radical (unpaired) electrons. The smallest absolute Gasteiger partial charge is 0.309 e. The van der Waals surface area contributed by atoms with E-state index in [0.29, 0.717) is 0 Å². The lowest BCUT2D eigenvalue weighted by Crippen LogP contribution is -2.44. The highest BCUT2D eigenvalue weighted by Crippen LogP contribution is 1.89. The first-order valence-electron chi connectivity index (χ1n) is 4.51. The van der Waals surface area contributed by atoms with Crippen LogP contribution in [0.3, 0.4) is 0 Å². The third-order valence-corrected chi connectivity index (χ3v) is 3.19. The van der Waals surface area contributed by atoms with E-state index in [4.69, 9.17) is 5.73 Å². The summed E-state index contributed by atoms with van der Waals surface area (Å²) < 4.78 is 11.0. The van der Waals surface area contributed by atoms with Crippen molar-refractivity contribution >= 4 is 39.8 Å². The van der Waals surface area contributed by atoms with Gasteiger partial charge in [0.1, 0.15) is 0 Å². The zero-order valence-electron chi connectivity index (χ0n) is 9.11. The maximum atomic E-state index is 11.2. The summed E-state index contributed by atoms with van der Waals surface area (Å²) in [7, 11) is -1.04. The summed E-state index contributed by atoms with van der Waals surface area (Å²) in [5.41, 5.74) is 5.15. The van der Waals surface area contributed by atoms with E-state index < -0.39 is 22.6 Å². The van der Waals surface area contributed by atoms with Gasteiger partial charge in [-0.1, -0.05) is 12.2 Å². The first-order chi connectivity index (χ1) is 7.34. The van der Waals surface area contributed by atoms with Crippen molar-refractivity contribution in [1.82, 2.24) is 10.6 Å². The topological polar surface area (TPSA) is 101 Å². The molecule has 0 aliphatic heterocycles. The van der Waals surface area contributed by atoms with Gasteiger partial charge >= 0.3 is 11.8 Å². The highest BCUT2D eigenvalue weighted by atomic mass is 32.2. The summed E-state index contributed by atoms with van der Waals surface area (Å²) in [6.07, 6.45) is 1.53. The summed E-state index contributed by atoms with van der Waals surface area (Å²) in [4.78, 5) is 22.4. The minimum atomic E-state index is -1.04. The van der Waals surface area contributed by atoms with Crippen LogP contribution < -0.4 is 16.4 Å². The third kappa shape index (κ3) is 6.46. The number of carbonyl (C=O) groups is 2. The number of hydrogen-bond donors (Lipinski definition) is 3. The number of carbonyl (C=O) groups excluding carboxylic acids is 2. The fourth-order valence-electron chi connectivity index (χ4n) is 0.682. The van der Waals surface area contributed by atoms with Crippen LogP contribution in [0.4, 0.5) is 0 Å². The van der Waals surface area contributed by atoms with E-state index in [-0.39, 0.29) is 23.3 Å². The molecule has 2 atom stereocenters. The standard InChI is InChI=1S/C8H15N3O3S2/c1-5(16(2)14)3-10-7(12)8(13)11-4-6(9)15/h5H,3-4H2,1-2H3,(H2,9,15)(H,10,12)(H,11,13). The Morgan fingerprint density at radius 3 is 2.31 bits per heavy atom. The van der Waals surface area contributed by atoms with Gasteiger partial charge in [0.05, 0.1) is 11.5 Å². The number of thiocarbonyl (C=S) groups is 1. The van der Waals surface area contributed by atoms with E-state index in [0.717, 1.165) is 0 Å². The van der Waals surface area contributed by atoms with Crippen molar-refractivity contribution in [3.8, 4) is 0 Å². The van der Waals surface area contributed by atoms with Crippen LogP contribution in [0.1, 0.15) is 6.92 Å². The maximum Gasteiger partial charge on any atom is 0.309 e. The molecular weight excluding hydrogens is 250 g/mol. The van der Waals surface area contributed by atoms with Gasteiger partial charge in [-0.3, -0.25) is 13.8 Å². The van der Waals surface area contributed by atoms with Crippen LogP contribution in [0.15, 0.2) is 0 Å². The molecule has 0 saturated heterocycles. The van der Waals surface area contributed by atoms with E-state index in [1.807, 2.05) is 0 Å². The van der Waals surface area contributed by atoms with Gasteiger partial charge in [0.2, 0.25) is 0 Å². The van der Waals surface area contributed by atoms with Gasteiger partial charge in [0.15, 0.2) is 0 Å². The molecule has 0 heterocycles. The molecule has 2 unspecified atom stereocenters. The Bertz CT molecular complexity index is 320. The number of nitrogens with two attached hydrogens (primary N) is 1. The minimum absolute atomic E-state index is 0.0170. The maximum absolute atomic E-state index is 11.2. The lowest BCUT2D eigenvalue weighted by atomic mass is 10.4. The van der Waals surface area contributed by atoms with Crippen molar-refractivity contribution in [2.45, 2.75) is 12.2 Å². The van der Waals surface area contributed by atoms with Crippen LogP contribution in [-0.4, -0.2) is 45.6 Å². The lowest BCUT2D eigenvalue weighted by molar-refractivity contribution is -0.139. The molecule has 0 bridgehead atoms. The van der Waals surface area contributed by atoms with Crippen LogP contribution in [0.25, 0.3) is 0 Å². The summed E-state index contributed by atoms with van der Waals surface area (Å²) >= 11 is 4.53. The van der Waals surface area contributed by atoms with E-state index in [1.165, 1.54) is 6.26 Å². The molecule has 0 fully saturated rings. The van der Waals surface area contributed by atoms with Crippen LogP contribution >= 0.6 is 12.2 Å². The predicted octanol–water partition coefficient (Wildman–Crippen LogP) is -1.73. The second-order valence-electron chi connectivity index (χ2n) is 3.17. The van der Waals surface area contributed by atoms with Crippen molar-refractivity contribution in [3.63, 3.8) is 0 Å². The molecule has 0 aliphatic rings. The van der Waals surface area contributed by atoms with Crippen molar-refractivity contribution in [2.24, 2.45) is 5.73 Å². The number of amides is 2. The van der Waals surface area contributed by atoms with E-state index in [1.54, 1.807) is 6.92 Å². The van der Waals surface area contributed by atoms with E-state index in [9.17, 15) is 13.8 Å². The minimum Gasteiger partial charge on any atom is -0.392 e. The Hall–Kier alpha value is -1.02. The van der Waals surface area contributed by atoms with Crippen molar-refractivity contribution < 1.29 is 13.8 Å². The van der Waals surface area contributed by atoms with Crippen molar-refractivity contribution in [3.05, 3.63) is 0 Å². The summed E-state index contributed by atoms with van der Waals surface area (Å²) in [6.45, 7) is 1.88. The fraction of sp³-hybridized carbons (Fsp3) is 0.625. The molecule has 8 heteroatoms. The van der Waals surface area contributed by atoms with Gasteiger partial charge in [0, 0.05) is 28.9 Å². The van der Waals surface area contributed by atoms with Crippen molar-refractivity contribution in [2.75, 3.05) is 19.3 Å². The van der Waals surface area contributed by atoms with Gasteiger partial charge in [0.25, 0.3) is 0 Å². The number of nitrogens with one attached hydrogen (secondary N) is 2. The highest BCUT2D eigenvalue weighted by Gasteiger charge is 2.14. The third-order valence-electron chi connectivity index (χ3n) is 1.75. The SMILES string of the molecule is CC(CNC(=O)C(=O)NCC(N)=S)S(C)=O. The Labute approximate surface area is 102 Å².